The highest BCUT2D eigenvalue weighted by molar-refractivity contribution is 7.14. The Morgan fingerprint density at radius 2 is 1.81 bits per heavy atom. The fourth-order valence-electron chi connectivity index (χ4n) is 5.06. The van der Waals surface area contributed by atoms with E-state index in [9.17, 15) is 9.59 Å². The first-order valence-electron chi connectivity index (χ1n) is 13.5. The average molecular weight is 618 g/mol. The van der Waals surface area contributed by atoms with Crippen LogP contribution in [0.15, 0.2) is 78.2 Å². The first-order chi connectivity index (χ1) is 20.4. The lowest BCUT2D eigenvalue weighted by Crippen LogP contribution is -2.34. The highest BCUT2D eigenvalue weighted by atomic mass is 35.5. The van der Waals surface area contributed by atoms with Gasteiger partial charge in [0.2, 0.25) is 0 Å². The molecule has 1 amide bonds. The van der Waals surface area contributed by atoms with Gasteiger partial charge in [0.15, 0.2) is 11.2 Å². The summed E-state index contributed by atoms with van der Waals surface area (Å²) in [5, 5.41) is 6.53. The Kier molecular flexibility index (Phi) is 8.22. The predicted molar refractivity (Wildman–Crippen MR) is 167 cm³/mol. The van der Waals surface area contributed by atoms with Crippen molar-refractivity contribution in [3.63, 3.8) is 0 Å². The van der Waals surface area contributed by atoms with Crippen molar-refractivity contribution in [1.29, 1.82) is 0 Å². The van der Waals surface area contributed by atoms with E-state index in [1.165, 1.54) is 16.9 Å². The maximum Gasteiger partial charge on any atom is 0.339 e. The molecule has 0 saturated heterocycles. The Morgan fingerprint density at radius 1 is 1.02 bits per heavy atom. The number of hydrogen-bond acceptors (Lipinski definition) is 7. The normalized spacial score (nSPS) is 13.9. The summed E-state index contributed by atoms with van der Waals surface area (Å²) in [5.74, 6) is -1.03. The summed E-state index contributed by atoms with van der Waals surface area (Å²) in [4.78, 5) is 38.4. The second kappa shape index (κ2) is 12.2. The number of fused-ring (bicyclic) bond motifs is 2. The van der Waals surface area contributed by atoms with Crippen molar-refractivity contribution in [3.05, 3.63) is 111 Å². The predicted octanol–water partition coefficient (Wildman–Crippen LogP) is 7.41. The summed E-state index contributed by atoms with van der Waals surface area (Å²) in [7, 11) is 0. The fourth-order valence-corrected chi connectivity index (χ4v) is 6.08. The van der Waals surface area contributed by atoms with Crippen molar-refractivity contribution in [2.24, 2.45) is 0 Å². The molecular weight excluding hydrogens is 591 g/mol. The van der Waals surface area contributed by atoms with Crippen LogP contribution < -0.4 is 5.32 Å². The fraction of sp³-hybridized carbons (Fsp3) is 0.188. The number of pyridine rings is 1. The lowest BCUT2D eigenvalue weighted by Gasteiger charge is -2.30. The number of para-hydroxylation sites is 1. The van der Waals surface area contributed by atoms with Crippen LogP contribution in [0.25, 0.3) is 22.2 Å². The van der Waals surface area contributed by atoms with Crippen LogP contribution in [-0.4, -0.2) is 39.4 Å². The largest absolute Gasteiger partial charge is 0.449 e. The standard InChI is InChI=1S/C32H26Cl2N4O3S/c1-19(30(39)37-32-36-28(18-42-32)21-11-12-24(33)25(34)15-21)41-31(40)29-22-9-5-6-10-26(22)35-27-13-14-38(17-23(27)29)16-20-7-3-2-4-8-20/h2-12,15,18-19H,13-14,16-17H2,1H3,(H,36,37,39). The number of aromatic nitrogens is 2. The second-order valence-electron chi connectivity index (χ2n) is 10.1. The summed E-state index contributed by atoms with van der Waals surface area (Å²) >= 11 is 13.4. The van der Waals surface area contributed by atoms with Crippen LogP contribution in [0.2, 0.25) is 10.0 Å². The highest BCUT2D eigenvalue weighted by Gasteiger charge is 2.29. The molecule has 1 aliphatic rings. The van der Waals surface area contributed by atoms with Crippen LogP contribution in [-0.2, 0) is 29.0 Å². The van der Waals surface area contributed by atoms with Gasteiger partial charge in [-0.15, -0.1) is 11.3 Å². The van der Waals surface area contributed by atoms with Gasteiger partial charge in [0.05, 0.1) is 26.8 Å². The molecule has 42 heavy (non-hydrogen) atoms. The van der Waals surface area contributed by atoms with Gasteiger partial charge in [-0.1, -0.05) is 77.8 Å². The number of nitrogens with one attached hydrogen (secondary N) is 1. The molecule has 3 heterocycles. The van der Waals surface area contributed by atoms with Gasteiger partial charge < -0.3 is 4.74 Å². The molecule has 1 aliphatic heterocycles. The van der Waals surface area contributed by atoms with Crippen molar-refractivity contribution >= 4 is 62.4 Å². The monoisotopic (exact) mass is 616 g/mol. The topological polar surface area (TPSA) is 84.4 Å². The van der Waals surface area contributed by atoms with Crippen molar-refractivity contribution < 1.29 is 14.3 Å². The molecule has 0 bridgehead atoms. The molecule has 0 aliphatic carbocycles. The van der Waals surface area contributed by atoms with Gasteiger partial charge in [0, 0.05) is 53.6 Å². The Morgan fingerprint density at radius 3 is 2.62 bits per heavy atom. The molecule has 10 heteroatoms. The lowest BCUT2D eigenvalue weighted by molar-refractivity contribution is -0.123. The third kappa shape index (κ3) is 6.03. The van der Waals surface area contributed by atoms with Gasteiger partial charge in [0.25, 0.3) is 5.91 Å². The summed E-state index contributed by atoms with van der Waals surface area (Å²) in [5.41, 5.74) is 5.55. The van der Waals surface area contributed by atoms with E-state index in [1.54, 1.807) is 25.1 Å². The number of thiazole rings is 1. The maximum absolute atomic E-state index is 13.7. The zero-order valence-corrected chi connectivity index (χ0v) is 25.0. The molecule has 1 unspecified atom stereocenters. The van der Waals surface area contributed by atoms with Crippen LogP contribution >= 0.6 is 34.5 Å². The van der Waals surface area contributed by atoms with E-state index >= 15 is 0 Å². The van der Waals surface area contributed by atoms with Crippen molar-refractivity contribution in [2.45, 2.75) is 32.5 Å². The van der Waals surface area contributed by atoms with Gasteiger partial charge in [-0.2, -0.15) is 0 Å². The number of benzene rings is 3. The number of ether oxygens (including phenoxy) is 1. The molecule has 7 nitrogen and oxygen atoms in total. The van der Waals surface area contributed by atoms with E-state index < -0.39 is 18.0 Å². The van der Waals surface area contributed by atoms with E-state index in [0.717, 1.165) is 35.4 Å². The first kappa shape index (κ1) is 28.3. The highest BCUT2D eigenvalue weighted by Crippen LogP contribution is 2.32. The van der Waals surface area contributed by atoms with Gasteiger partial charge in [-0.25, -0.2) is 9.78 Å². The van der Waals surface area contributed by atoms with Gasteiger partial charge in [-0.05, 0) is 30.7 Å². The number of anilines is 1. The molecule has 0 fully saturated rings. The molecule has 6 rings (SSSR count). The van der Waals surface area contributed by atoms with Crippen LogP contribution in [0.1, 0.15) is 34.1 Å². The minimum Gasteiger partial charge on any atom is -0.449 e. The number of hydrogen-bond donors (Lipinski definition) is 1. The maximum atomic E-state index is 13.7. The molecule has 0 saturated carbocycles. The quantitative estimate of drug-likeness (QED) is 0.192. The minimum atomic E-state index is -1.05. The smallest absolute Gasteiger partial charge is 0.339 e. The summed E-state index contributed by atoms with van der Waals surface area (Å²) in [6, 6.07) is 23.0. The number of nitrogens with zero attached hydrogens (tertiary/aromatic N) is 3. The molecule has 1 atom stereocenters. The molecule has 1 N–H and O–H groups in total. The molecule has 3 aromatic carbocycles. The third-order valence-electron chi connectivity index (χ3n) is 7.18. The Labute approximate surface area is 257 Å². The number of carbonyl (C=O) groups is 2. The van der Waals surface area contributed by atoms with E-state index in [4.69, 9.17) is 32.9 Å². The zero-order chi connectivity index (χ0) is 29.2. The number of esters is 1. The van der Waals surface area contributed by atoms with Crippen LogP contribution in [0.5, 0.6) is 0 Å². The molecule has 212 valence electrons. The summed E-state index contributed by atoms with van der Waals surface area (Å²) in [6.07, 6.45) is -0.337. The van der Waals surface area contributed by atoms with Crippen LogP contribution in [0.4, 0.5) is 5.13 Å². The molecule has 0 radical (unpaired) electrons. The number of halogens is 2. The Balaban J connectivity index is 1.20. The van der Waals surface area contributed by atoms with Crippen molar-refractivity contribution in [2.75, 3.05) is 11.9 Å². The van der Waals surface area contributed by atoms with Crippen LogP contribution in [0.3, 0.4) is 0 Å². The van der Waals surface area contributed by atoms with E-state index in [1.807, 2.05) is 47.8 Å². The van der Waals surface area contributed by atoms with Crippen molar-refractivity contribution in [1.82, 2.24) is 14.9 Å². The summed E-state index contributed by atoms with van der Waals surface area (Å²) < 4.78 is 5.77. The number of amides is 1. The number of rotatable bonds is 7. The molecule has 0 spiro atoms. The van der Waals surface area contributed by atoms with Gasteiger partial charge >= 0.3 is 5.97 Å². The van der Waals surface area contributed by atoms with E-state index in [2.05, 4.69) is 27.3 Å². The minimum absolute atomic E-state index is 0.382. The molecule has 5 aromatic rings. The Bertz CT molecular complexity index is 1790. The zero-order valence-electron chi connectivity index (χ0n) is 22.6. The average Bonchev–Trinajstić information content (AvgIpc) is 3.46. The SMILES string of the molecule is CC(OC(=O)c1c2c(nc3ccccc13)CCN(Cc1ccccc1)C2)C(=O)Nc1nc(-c2ccc(Cl)c(Cl)c2)cs1. The number of carbonyl (C=O) groups excluding carboxylic acids is 2. The molecule has 2 aromatic heterocycles. The summed E-state index contributed by atoms with van der Waals surface area (Å²) in [6.45, 7) is 3.71. The van der Waals surface area contributed by atoms with E-state index in [0.29, 0.717) is 44.8 Å². The van der Waals surface area contributed by atoms with Gasteiger partial charge in [-0.3, -0.25) is 20.0 Å². The molecular formula is C32H26Cl2N4O3S. The Hall–Kier alpha value is -3.82. The second-order valence-corrected chi connectivity index (χ2v) is 11.8. The third-order valence-corrected chi connectivity index (χ3v) is 8.68. The van der Waals surface area contributed by atoms with Gasteiger partial charge in [0.1, 0.15) is 0 Å². The lowest BCUT2D eigenvalue weighted by atomic mass is 9.95. The van der Waals surface area contributed by atoms with Crippen molar-refractivity contribution in [3.8, 4) is 11.3 Å². The van der Waals surface area contributed by atoms with Crippen LogP contribution in [0, 0.1) is 0 Å². The van der Waals surface area contributed by atoms with E-state index in [-0.39, 0.29) is 0 Å². The first-order valence-corrected chi connectivity index (χ1v) is 15.1.